The van der Waals surface area contributed by atoms with Crippen LogP contribution in [0.5, 0.6) is 0 Å². The van der Waals surface area contributed by atoms with Gasteiger partial charge in [0.05, 0.1) is 0 Å². The fourth-order valence-electron chi connectivity index (χ4n) is 3.23. The Labute approximate surface area is 107 Å². The van der Waals surface area contributed by atoms with Gasteiger partial charge in [0, 0.05) is 29.8 Å². The van der Waals surface area contributed by atoms with E-state index in [1.165, 1.54) is 17.8 Å². The van der Waals surface area contributed by atoms with Crippen LogP contribution in [0.4, 0.5) is 8.78 Å². The lowest BCUT2D eigenvalue weighted by molar-refractivity contribution is 0.500. The van der Waals surface area contributed by atoms with Gasteiger partial charge in [-0.25, -0.2) is 8.78 Å². The third-order valence-electron chi connectivity index (χ3n) is 4.27. The minimum atomic E-state index is -0.790. The number of fused-ring (bicyclic) bond motifs is 3. The summed E-state index contributed by atoms with van der Waals surface area (Å²) in [6.45, 7) is 0.764. The molecular weight excluding hydrogens is 254 g/mol. The van der Waals surface area contributed by atoms with Gasteiger partial charge in [-0.05, 0) is 36.3 Å². The van der Waals surface area contributed by atoms with Crippen molar-refractivity contribution in [2.45, 2.75) is 24.3 Å². The highest BCUT2D eigenvalue weighted by Gasteiger charge is 2.61. The van der Waals surface area contributed by atoms with E-state index in [4.69, 9.17) is 12.2 Å². The molecule has 2 nitrogen and oxygen atoms in total. The molecule has 1 aliphatic heterocycles. The quantitative estimate of drug-likeness (QED) is 0.784. The summed E-state index contributed by atoms with van der Waals surface area (Å²) in [6, 6.07) is 4.23. The van der Waals surface area contributed by atoms with E-state index in [1.54, 1.807) is 6.07 Å². The minimum absolute atomic E-state index is 0.0630. The molecular formula is C13H10F2N2S. The Morgan fingerprint density at radius 1 is 1.33 bits per heavy atom. The standard InChI is InChI=1S/C13H10F2N2S/c14-9-2-1-7(3-10(9)15)13-4-8(13)11-5-16-12(18)17(11)6-13/h1-3,5,8H,4,6H2,(H,16,18)/t8-,13+/m0/s1. The zero-order chi connectivity index (χ0) is 12.5. The van der Waals surface area contributed by atoms with Crippen LogP contribution in [-0.4, -0.2) is 9.55 Å². The molecule has 0 amide bonds. The van der Waals surface area contributed by atoms with Crippen molar-refractivity contribution in [3.8, 4) is 0 Å². The van der Waals surface area contributed by atoms with E-state index < -0.39 is 11.6 Å². The molecule has 1 aromatic heterocycles. The summed E-state index contributed by atoms with van der Waals surface area (Å²) in [6.07, 6.45) is 2.92. The van der Waals surface area contributed by atoms with Crippen LogP contribution in [0.25, 0.3) is 0 Å². The van der Waals surface area contributed by atoms with Gasteiger partial charge in [0.15, 0.2) is 16.4 Å². The van der Waals surface area contributed by atoms with E-state index in [2.05, 4.69) is 9.55 Å². The Morgan fingerprint density at radius 2 is 2.17 bits per heavy atom. The number of aromatic amines is 1. The Morgan fingerprint density at radius 3 is 2.89 bits per heavy atom. The van der Waals surface area contributed by atoms with E-state index >= 15 is 0 Å². The zero-order valence-corrected chi connectivity index (χ0v) is 10.2. The van der Waals surface area contributed by atoms with Gasteiger partial charge < -0.3 is 9.55 Å². The number of hydrogen-bond donors (Lipinski definition) is 1. The molecule has 0 bridgehead atoms. The minimum Gasteiger partial charge on any atom is -0.337 e. The molecule has 0 spiro atoms. The molecule has 0 radical (unpaired) electrons. The number of imidazole rings is 1. The molecule has 1 aliphatic carbocycles. The van der Waals surface area contributed by atoms with Crippen LogP contribution in [-0.2, 0) is 12.0 Å². The van der Waals surface area contributed by atoms with Crippen molar-refractivity contribution in [1.82, 2.24) is 9.55 Å². The molecule has 0 saturated heterocycles. The van der Waals surface area contributed by atoms with E-state index in [-0.39, 0.29) is 5.41 Å². The largest absolute Gasteiger partial charge is 0.337 e. The van der Waals surface area contributed by atoms with E-state index in [0.29, 0.717) is 10.7 Å². The highest BCUT2D eigenvalue weighted by Crippen LogP contribution is 2.65. The topological polar surface area (TPSA) is 20.7 Å². The average Bonchev–Trinajstić information content (AvgIpc) is 2.83. The summed E-state index contributed by atoms with van der Waals surface area (Å²) in [7, 11) is 0. The number of hydrogen-bond acceptors (Lipinski definition) is 1. The third kappa shape index (κ3) is 1.13. The van der Waals surface area contributed by atoms with Gasteiger partial charge in [-0.3, -0.25) is 0 Å². The van der Waals surface area contributed by atoms with Crippen molar-refractivity contribution < 1.29 is 8.78 Å². The van der Waals surface area contributed by atoms with Crippen molar-refractivity contribution in [2.75, 3.05) is 0 Å². The van der Waals surface area contributed by atoms with Gasteiger partial charge in [-0.1, -0.05) is 6.07 Å². The average molecular weight is 264 g/mol. The predicted molar refractivity (Wildman–Crippen MR) is 65.0 cm³/mol. The maximum absolute atomic E-state index is 13.3. The molecule has 2 aliphatic rings. The molecule has 18 heavy (non-hydrogen) atoms. The molecule has 2 aromatic rings. The van der Waals surface area contributed by atoms with Crippen LogP contribution < -0.4 is 0 Å². The van der Waals surface area contributed by atoms with Gasteiger partial charge >= 0.3 is 0 Å². The second-order valence-corrected chi connectivity index (χ2v) is 5.53. The Kier molecular flexibility index (Phi) is 1.79. The van der Waals surface area contributed by atoms with Crippen LogP contribution in [0.1, 0.15) is 23.6 Å². The smallest absolute Gasteiger partial charge is 0.177 e. The van der Waals surface area contributed by atoms with E-state index in [1.807, 2.05) is 6.20 Å². The van der Waals surface area contributed by atoms with Crippen molar-refractivity contribution in [3.63, 3.8) is 0 Å². The monoisotopic (exact) mass is 264 g/mol. The highest BCUT2D eigenvalue weighted by molar-refractivity contribution is 7.71. The summed E-state index contributed by atoms with van der Waals surface area (Å²) in [5.74, 6) is -1.17. The Balaban J connectivity index is 1.81. The Bertz CT molecular complexity index is 718. The molecule has 4 rings (SSSR count). The lowest BCUT2D eigenvalue weighted by Crippen LogP contribution is -2.13. The number of nitrogens with one attached hydrogen (secondary N) is 1. The molecule has 1 aromatic carbocycles. The lowest BCUT2D eigenvalue weighted by Gasteiger charge is -2.13. The number of benzene rings is 1. The highest BCUT2D eigenvalue weighted by atomic mass is 32.1. The summed E-state index contributed by atoms with van der Waals surface area (Å²) in [5, 5.41) is 0. The molecule has 0 unspecified atom stereocenters. The van der Waals surface area contributed by atoms with Crippen molar-refractivity contribution in [1.29, 1.82) is 0 Å². The molecule has 5 heteroatoms. The zero-order valence-electron chi connectivity index (χ0n) is 9.41. The summed E-state index contributed by atoms with van der Waals surface area (Å²) < 4.78 is 29.1. The second-order valence-electron chi connectivity index (χ2n) is 5.15. The number of rotatable bonds is 1. The maximum Gasteiger partial charge on any atom is 0.177 e. The van der Waals surface area contributed by atoms with Gasteiger partial charge in [0.2, 0.25) is 0 Å². The predicted octanol–water partition coefficient (Wildman–Crippen LogP) is 3.26. The summed E-state index contributed by atoms with van der Waals surface area (Å²) >= 11 is 5.20. The third-order valence-corrected chi connectivity index (χ3v) is 4.61. The molecule has 1 saturated carbocycles. The summed E-state index contributed by atoms with van der Waals surface area (Å²) in [5.41, 5.74) is 2.00. The van der Waals surface area contributed by atoms with Crippen LogP contribution in [0, 0.1) is 16.4 Å². The van der Waals surface area contributed by atoms with E-state index in [9.17, 15) is 8.78 Å². The molecule has 2 atom stereocenters. The first-order valence-corrected chi connectivity index (χ1v) is 6.26. The number of nitrogens with zero attached hydrogens (tertiary/aromatic N) is 1. The van der Waals surface area contributed by atoms with Crippen LogP contribution in [0.3, 0.4) is 0 Å². The van der Waals surface area contributed by atoms with Crippen molar-refractivity contribution in [2.24, 2.45) is 0 Å². The van der Waals surface area contributed by atoms with Gasteiger partial charge in [-0.2, -0.15) is 0 Å². The number of H-pyrrole nitrogens is 1. The maximum atomic E-state index is 13.3. The Hall–Kier alpha value is -1.49. The second kappa shape index (κ2) is 3.09. The fraction of sp³-hybridized carbons (Fsp3) is 0.308. The SMILES string of the molecule is Fc1ccc([C@]23C[C@H]2c2c[nH]c(=S)n2C3)cc1F. The van der Waals surface area contributed by atoms with Crippen LogP contribution >= 0.6 is 12.2 Å². The number of aromatic nitrogens is 2. The van der Waals surface area contributed by atoms with Crippen molar-refractivity contribution >= 4 is 12.2 Å². The van der Waals surface area contributed by atoms with Gasteiger partial charge in [0.1, 0.15) is 0 Å². The molecule has 1 N–H and O–H groups in total. The lowest BCUT2D eigenvalue weighted by atomic mass is 9.94. The first-order valence-electron chi connectivity index (χ1n) is 5.85. The van der Waals surface area contributed by atoms with Crippen molar-refractivity contribution in [3.05, 3.63) is 52.1 Å². The van der Waals surface area contributed by atoms with Crippen LogP contribution in [0.2, 0.25) is 0 Å². The van der Waals surface area contributed by atoms with Gasteiger partial charge in [0.25, 0.3) is 0 Å². The van der Waals surface area contributed by atoms with Gasteiger partial charge in [-0.15, -0.1) is 0 Å². The number of halogens is 2. The normalized spacial score (nSPS) is 28.0. The molecule has 1 fully saturated rings. The fourth-order valence-corrected chi connectivity index (χ4v) is 3.46. The molecule has 2 heterocycles. The summed E-state index contributed by atoms with van der Waals surface area (Å²) in [4.78, 5) is 3.03. The van der Waals surface area contributed by atoms with Crippen LogP contribution in [0.15, 0.2) is 24.4 Å². The molecule has 92 valence electrons. The first-order chi connectivity index (χ1) is 8.62. The first kappa shape index (κ1) is 10.4. The van der Waals surface area contributed by atoms with E-state index in [0.717, 1.165) is 18.5 Å².